The molecule has 2 atom stereocenters. The van der Waals surface area contributed by atoms with Gasteiger partial charge in [0.1, 0.15) is 0 Å². The molecule has 2 unspecified atom stereocenters. The van der Waals surface area contributed by atoms with Gasteiger partial charge in [-0.2, -0.15) is 0 Å². The van der Waals surface area contributed by atoms with Crippen LogP contribution in [0.5, 0.6) is 0 Å². The molecular weight excluding hydrogens is 84.1 g/mol. The van der Waals surface area contributed by atoms with E-state index in [4.69, 9.17) is 0 Å². The van der Waals surface area contributed by atoms with Gasteiger partial charge in [0.2, 0.25) is 0 Å². The molecule has 2 rings (SSSR count). The third kappa shape index (κ3) is 0.217. The van der Waals surface area contributed by atoms with Crippen LogP contribution in [-0.4, -0.2) is 0 Å². The van der Waals surface area contributed by atoms with Gasteiger partial charge in [0.15, 0.2) is 0 Å². The molecule has 0 aromatic heterocycles. The minimum Gasteiger partial charge on any atom is -0.102 e. The summed E-state index contributed by atoms with van der Waals surface area (Å²) in [6.45, 7) is 5.91. The fourth-order valence-corrected chi connectivity index (χ4v) is 1.36. The van der Waals surface area contributed by atoms with Crippen LogP contribution in [0, 0.1) is 11.8 Å². The molecule has 0 heterocycles. The summed E-state index contributed by atoms with van der Waals surface area (Å²) < 4.78 is 0. The summed E-state index contributed by atoms with van der Waals surface area (Å²) in [6.07, 6.45) is 2.05. The van der Waals surface area contributed by atoms with E-state index in [0.717, 1.165) is 11.8 Å². The van der Waals surface area contributed by atoms with Crippen LogP contribution in [-0.2, 0) is 0 Å². The predicted octanol–water partition coefficient (Wildman–Crippen LogP) is 1.75. The lowest BCUT2D eigenvalue weighted by molar-refractivity contribution is 0.934. The van der Waals surface area contributed by atoms with Crippen molar-refractivity contribution in [1.82, 2.24) is 0 Å². The molecule has 1 fully saturated rings. The fourth-order valence-electron chi connectivity index (χ4n) is 1.36. The normalized spacial score (nSPS) is 43.0. The molecule has 0 saturated heterocycles. The summed E-state index contributed by atoms with van der Waals surface area (Å²) in [4.78, 5) is 0. The molecule has 0 spiro atoms. The summed E-state index contributed by atoms with van der Waals surface area (Å²) in [7, 11) is 0. The molecule has 0 bridgehead atoms. The van der Waals surface area contributed by atoms with E-state index in [9.17, 15) is 0 Å². The van der Waals surface area contributed by atoms with Crippen LogP contribution in [0.3, 0.4) is 0 Å². The zero-order valence-corrected chi connectivity index (χ0v) is 4.44. The quantitative estimate of drug-likeness (QED) is 0.432. The van der Waals surface area contributed by atoms with Gasteiger partial charge in [-0.05, 0) is 6.92 Å². The molecule has 0 aromatic rings. The average Bonchev–Trinajstić information content (AvgIpc) is 2.47. The lowest BCUT2D eigenvalue weighted by atomic mass is 10.2. The van der Waals surface area contributed by atoms with Gasteiger partial charge in [-0.3, -0.25) is 0 Å². The molecule has 0 aliphatic heterocycles. The highest BCUT2D eigenvalue weighted by Gasteiger charge is 2.57. The van der Waals surface area contributed by atoms with Crippen molar-refractivity contribution in [3.8, 4) is 0 Å². The number of rotatable bonds is 1. The smallest absolute Gasteiger partial charge is 0.0117 e. The van der Waals surface area contributed by atoms with E-state index in [1.807, 2.05) is 6.08 Å². The van der Waals surface area contributed by atoms with Gasteiger partial charge in [-0.25, -0.2) is 0 Å². The van der Waals surface area contributed by atoms with E-state index in [1.165, 1.54) is 0 Å². The molecule has 0 amide bonds. The Labute approximate surface area is 43.5 Å². The monoisotopic (exact) mass is 92.1 g/mol. The van der Waals surface area contributed by atoms with Gasteiger partial charge in [-0.15, -0.1) is 6.58 Å². The average molecular weight is 92.1 g/mol. The second-order valence-corrected chi connectivity index (χ2v) is 2.38. The van der Waals surface area contributed by atoms with Crippen LogP contribution in [0.15, 0.2) is 23.8 Å². The van der Waals surface area contributed by atoms with Gasteiger partial charge in [0.25, 0.3) is 0 Å². The Morgan fingerprint density at radius 1 is 1.71 bits per heavy atom. The first-order valence-corrected chi connectivity index (χ1v) is 2.69. The van der Waals surface area contributed by atoms with Crippen molar-refractivity contribution in [3.05, 3.63) is 23.8 Å². The molecule has 2 aliphatic rings. The van der Waals surface area contributed by atoms with E-state index >= 15 is 0 Å². The van der Waals surface area contributed by atoms with Crippen LogP contribution in [0.25, 0.3) is 0 Å². The largest absolute Gasteiger partial charge is 0.102 e. The number of allylic oxidation sites excluding steroid dienone is 3. The Balaban J connectivity index is 2.19. The topological polar surface area (TPSA) is 0 Å². The van der Waals surface area contributed by atoms with Gasteiger partial charge in [-0.1, -0.05) is 17.2 Å². The first kappa shape index (κ1) is 3.48. The summed E-state index contributed by atoms with van der Waals surface area (Å²) in [5.41, 5.74) is 3.31. The van der Waals surface area contributed by atoms with Crippen LogP contribution in [0.4, 0.5) is 0 Å². The molecule has 0 heteroatoms. The lowest BCUT2D eigenvalue weighted by Gasteiger charge is -1.87. The minimum atomic E-state index is 0.819. The van der Waals surface area contributed by atoms with E-state index in [1.54, 1.807) is 11.1 Å². The van der Waals surface area contributed by atoms with Crippen molar-refractivity contribution in [2.45, 2.75) is 6.92 Å². The standard InChI is InChI=1S/C7H8/c1-3-5-6-4(2)7(5)6/h3,5-6H,1H2,2H3. The Morgan fingerprint density at radius 3 is 2.43 bits per heavy atom. The summed E-state index contributed by atoms with van der Waals surface area (Å²) in [5, 5.41) is 0. The van der Waals surface area contributed by atoms with E-state index in [0.29, 0.717) is 0 Å². The predicted molar refractivity (Wildman–Crippen MR) is 29.9 cm³/mol. The van der Waals surface area contributed by atoms with Crippen LogP contribution in [0.2, 0.25) is 0 Å². The molecular formula is C7H8. The highest BCUT2D eigenvalue weighted by molar-refractivity contribution is 5.60. The SMILES string of the molecule is C=CC1C2=C(C)C21. The van der Waals surface area contributed by atoms with E-state index < -0.39 is 0 Å². The first-order valence-electron chi connectivity index (χ1n) is 2.69. The van der Waals surface area contributed by atoms with E-state index in [2.05, 4.69) is 13.5 Å². The second-order valence-electron chi connectivity index (χ2n) is 2.38. The minimum absolute atomic E-state index is 0.819. The zero-order chi connectivity index (χ0) is 5.02. The third-order valence-corrected chi connectivity index (χ3v) is 2.04. The molecule has 0 nitrogen and oxygen atoms in total. The molecule has 0 radical (unpaired) electrons. The molecule has 1 saturated carbocycles. The maximum Gasteiger partial charge on any atom is 0.0117 e. The van der Waals surface area contributed by atoms with Gasteiger partial charge >= 0.3 is 0 Å². The van der Waals surface area contributed by atoms with Crippen LogP contribution >= 0.6 is 0 Å². The van der Waals surface area contributed by atoms with Gasteiger partial charge in [0.05, 0.1) is 0 Å². The molecule has 7 heavy (non-hydrogen) atoms. The Bertz CT molecular complexity index is 163. The number of hydrogen-bond acceptors (Lipinski definition) is 0. The van der Waals surface area contributed by atoms with E-state index in [-0.39, 0.29) is 0 Å². The number of hydrogen-bond donors (Lipinski definition) is 0. The van der Waals surface area contributed by atoms with Crippen molar-refractivity contribution < 1.29 is 0 Å². The molecule has 0 aromatic carbocycles. The maximum atomic E-state index is 3.70. The van der Waals surface area contributed by atoms with Crippen molar-refractivity contribution >= 4 is 0 Å². The molecule has 2 aliphatic carbocycles. The van der Waals surface area contributed by atoms with Gasteiger partial charge < -0.3 is 0 Å². The summed E-state index contributed by atoms with van der Waals surface area (Å²) >= 11 is 0. The van der Waals surface area contributed by atoms with Crippen molar-refractivity contribution in [1.29, 1.82) is 0 Å². The third-order valence-electron chi connectivity index (χ3n) is 2.04. The van der Waals surface area contributed by atoms with Gasteiger partial charge in [0, 0.05) is 11.8 Å². The zero-order valence-electron chi connectivity index (χ0n) is 4.44. The second kappa shape index (κ2) is 0.706. The summed E-state index contributed by atoms with van der Waals surface area (Å²) in [5.74, 6) is 1.73. The summed E-state index contributed by atoms with van der Waals surface area (Å²) in [6, 6.07) is 0. The lowest BCUT2D eigenvalue weighted by Crippen LogP contribution is -1.76. The Morgan fingerprint density at radius 2 is 2.29 bits per heavy atom. The Hall–Kier alpha value is -0.520. The number of fused-ring (bicyclic) bond motifs is 1. The van der Waals surface area contributed by atoms with Crippen molar-refractivity contribution in [2.75, 3.05) is 0 Å². The fraction of sp³-hybridized carbons (Fsp3) is 0.429. The molecule has 36 valence electrons. The molecule has 0 N–H and O–H groups in total. The Kier molecular flexibility index (Phi) is 0.351. The first-order chi connectivity index (χ1) is 3.36. The van der Waals surface area contributed by atoms with Crippen LogP contribution < -0.4 is 0 Å². The van der Waals surface area contributed by atoms with Crippen LogP contribution in [0.1, 0.15) is 6.92 Å². The highest BCUT2D eigenvalue weighted by Crippen LogP contribution is 2.67. The van der Waals surface area contributed by atoms with Crippen molar-refractivity contribution in [3.63, 3.8) is 0 Å². The highest BCUT2D eigenvalue weighted by atomic mass is 14.6. The van der Waals surface area contributed by atoms with Crippen molar-refractivity contribution in [2.24, 2.45) is 11.8 Å². The maximum absolute atomic E-state index is 3.70.